The highest BCUT2D eigenvalue weighted by atomic mass is 16.5. The molecule has 0 saturated heterocycles. The van der Waals surface area contributed by atoms with Crippen LogP contribution in [0.25, 0.3) is 0 Å². The molecular formula is C16H22O3. The molecule has 104 valence electrons. The van der Waals surface area contributed by atoms with Gasteiger partial charge < -0.3 is 9.84 Å². The Morgan fingerprint density at radius 2 is 2.05 bits per heavy atom. The zero-order valence-corrected chi connectivity index (χ0v) is 11.7. The molecule has 0 unspecified atom stereocenters. The molecule has 0 atom stereocenters. The van der Waals surface area contributed by atoms with Crippen LogP contribution in [0.15, 0.2) is 24.3 Å². The highest BCUT2D eigenvalue weighted by Crippen LogP contribution is 2.27. The largest absolute Gasteiger partial charge is 0.490 e. The second kappa shape index (κ2) is 5.64. The topological polar surface area (TPSA) is 46.5 Å². The number of hydrogen-bond acceptors (Lipinski definition) is 2. The zero-order valence-electron chi connectivity index (χ0n) is 11.7. The van der Waals surface area contributed by atoms with Crippen LogP contribution in [0, 0.1) is 5.41 Å². The van der Waals surface area contributed by atoms with Crippen LogP contribution in [0.1, 0.15) is 45.1 Å². The molecule has 1 aromatic rings. The Hall–Kier alpha value is -1.51. The van der Waals surface area contributed by atoms with Gasteiger partial charge >= 0.3 is 5.97 Å². The summed E-state index contributed by atoms with van der Waals surface area (Å²) in [5.41, 5.74) is 0.273. The fourth-order valence-electron chi connectivity index (χ4n) is 2.51. The summed E-state index contributed by atoms with van der Waals surface area (Å²) in [6.45, 7) is 3.50. The first-order valence-electron chi connectivity index (χ1n) is 6.96. The van der Waals surface area contributed by atoms with Crippen molar-refractivity contribution < 1.29 is 14.6 Å². The fourth-order valence-corrected chi connectivity index (χ4v) is 2.51. The highest BCUT2D eigenvalue weighted by Gasteiger charge is 2.27. The third-order valence-corrected chi connectivity index (χ3v) is 3.73. The van der Waals surface area contributed by atoms with Gasteiger partial charge in [-0.2, -0.15) is 0 Å². The Labute approximate surface area is 114 Å². The number of carboxylic acids is 1. The molecule has 0 radical (unpaired) electrons. The number of rotatable bonds is 5. The lowest BCUT2D eigenvalue weighted by atomic mass is 9.86. The SMILES string of the molecule is CC(C)(Cc1cccc(OC2CCCC2)c1)C(=O)O. The van der Waals surface area contributed by atoms with Crippen molar-refractivity contribution in [2.24, 2.45) is 5.41 Å². The van der Waals surface area contributed by atoms with Gasteiger partial charge in [0.1, 0.15) is 5.75 Å². The summed E-state index contributed by atoms with van der Waals surface area (Å²) < 4.78 is 5.94. The molecule has 1 fully saturated rings. The van der Waals surface area contributed by atoms with Crippen LogP contribution in [0.2, 0.25) is 0 Å². The number of carboxylic acid groups (broad SMARTS) is 1. The van der Waals surface area contributed by atoms with Gasteiger partial charge in [-0.1, -0.05) is 12.1 Å². The van der Waals surface area contributed by atoms with E-state index in [0.717, 1.165) is 24.2 Å². The summed E-state index contributed by atoms with van der Waals surface area (Å²) in [5, 5.41) is 9.17. The summed E-state index contributed by atoms with van der Waals surface area (Å²) in [6, 6.07) is 7.84. The van der Waals surface area contributed by atoms with Gasteiger partial charge in [0.15, 0.2) is 0 Å². The molecule has 19 heavy (non-hydrogen) atoms. The molecule has 0 heterocycles. The van der Waals surface area contributed by atoms with E-state index in [0.29, 0.717) is 12.5 Å². The summed E-state index contributed by atoms with van der Waals surface area (Å²) in [5.74, 6) is 0.0974. The number of carbonyl (C=O) groups is 1. The van der Waals surface area contributed by atoms with Crippen molar-refractivity contribution in [3.63, 3.8) is 0 Å². The molecular weight excluding hydrogens is 240 g/mol. The molecule has 0 aliphatic heterocycles. The van der Waals surface area contributed by atoms with Crippen LogP contribution in [0.3, 0.4) is 0 Å². The van der Waals surface area contributed by atoms with Crippen LogP contribution < -0.4 is 4.74 Å². The maximum absolute atomic E-state index is 11.2. The van der Waals surface area contributed by atoms with Crippen molar-refractivity contribution in [2.75, 3.05) is 0 Å². The Morgan fingerprint density at radius 3 is 2.68 bits per heavy atom. The first-order valence-corrected chi connectivity index (χ1v) is 6.96. The van der Waals surface area contributed by atoms with E-state index in [2.05, 4.69) is 0 Å². The van der Waals surface area contributed by atoms with Gasteiger partial charge in [0, 0.05) is 0 Å². The first kappa shape index (κ1) is 13.9. The minimum atomic E-state index is -0.769. The molecule has 2 rings (SSSR count). The molecule has 0 aromatic heterocycles. The Kier molecular flexibility index (Phi) is 4.13. The zero-order chi connectivity index (χ0) is 13.9. The van der Waals surface area contributed by atoms with Crippen LogP contribution in [0.5, 0.6) is 5.75 Å². The van der Waals surface area contributed by atoms with Crippen LogP contribution >= 0.6 is 0 Å². The van der Waals surface area contributed by atoms with Crippen LogP contribution in [0.4, 0.5) is 0 Å². The molecule has 1 aliphatic rings. The monoisotopic (exact) mass is 262 g/mol. The average Bonchev–Trinajstić information content (AvgIpc) is 2.81. The van der Waals surface area contributed by atoms with Crippen molar-refractivity contribution in [2.45, 2.75) is 52.1 Å². The second-order valence-electron chi connectivity index (χ2n) is 6.04. The van der Waals surface area contributed by atoms with Crippen molar-refractivity contribution in [3.8, 4) is 5.75 Å². The maximum Gasteiger partial charge on any atom is 0.309 e. The van der Waals surface area contributed by atoms with Gasteiger partial charge in [-0.05, 0) is 63.6 Å². The lowest BCUT2D eigenvalue weighted by Gasteiger charge is -2.20. The number of ether oxygens (including phenoxy) is 1. The molecule has 1 N–H and O–H groups in total. The van der Waals surface area contributed by atoms with Gasteiger partial charge in [-0.25, -0.2) is 0 Å². The highest BCUT2D eigenvalue weighted by molar-refractivity contribution is 5.74. The van der Waals surface area contributed by atoms with E-state index in [1.807, 2.05) is 24.3 Å². The van der Waals surface area contributed by atoms with E-state index in [4.69, 9.17) is 4.74 Å². The predicted octanol–water partition coefficient (Wildman–Crippen LogP) is 3.66. The molecule has 3 heteroatoms. The lowest BCUT2D eigenvalue weighted by Crippen LogP contribution is -2.26. The standard InChI is InChI=1S/C16H22O3/c1-16(2,15(17)18)11-12-6-5-9-14(10-12)19-13-7-3-4-8-13/h5-6,9-10,13H,3-4,7-8,11H2,1-2H3,(H,17,18). The van der Waals surface area contributed by atoms with Gasteiger partial charge in [0.2, 0.25) is 0 Å². The van der Waals surface area contributed by atoms with Crippen molar-refractivity contribution in [1.29, 1.82) is 0 Å². The summed E-state index contributed by atoms with van der Waals surface area (Å²) >= 11 is 0. The maximum atomic E-state index is 11.2. The molecule has 1 aromatic carbocycles. The normalized spacial score (nSPS) is 16.5. The van der Waals surface area contributed by atoms with Crippen molar-refractivity contribution >= 4 is 5.97 Å². The van der Waals surface area contributed by atoms with Crippen LogP contribution in [-0.2, 0) is 11.2 Å². The van der Waals surface area contributed by atoms with E-state index >= 15 is 0 Å². The number of hydrogen-bond donors (Lipinski definition) is 1. The minimum Gasteiger partial charge on any atom is -0.490 e. The Balaban J connectivity index is 2.04. The van der Waals surface area contributed by atoms with Gasteiger partial charge in [0.25, 0.3) is 0 Å². The molecule has 1 aliphatic carbocycles. The number of aliphatic carboxylic acids is 1. The van der Waals surface area contributed by atoms with Crippen LogP contribution in [-0.4, -0.2) is 17.2 Å². The van der Waals surface area contributed by atoms with Crippen molar-refractivity contribution in [3.05, 3.63) is 29.8 Å². The van der Waals surface area contributed by atoms with E-state index in [1.54, 1.807) is 13.8 Å². The first-order chi connectivity index (χ1) is 8.97. The van der Waals surface area contributed by atoms with E-state index in [1.165, 1.54) is 12.8 Å². The Bertz CT molecular complexity index is 445. The van der Waals surface area contributed by atoms with E-state index < -0.39 is 11.4 Å². The Morgan fingerprint density at radius 1 is 1.37 bits per heavy atom. The molecule has 1 saturated carbocycles. The minimum absolute atomic E-state index is 0.336. The average molecular weight is 262 g/mol. The summed E-state index contributed by atoms with van der Waals surface area (Å²) in [7, 11) is 0. The fraction of sp³-hybridized carbons (Fsp3) is 0.562. The molecule has 3 nitrogen and oxygen atoms in total. The van der Waals surface area contributed by atoms with Gasteiger partial charge in [0.05, 0.1) is 11.5 Å². The quantitative estimate of drug-likeness (QED) is 0.880. The van der Waals surface area contributed by atoms with E-state index in [-0.39, 0.29) is 0 Å². The van der Waals surface area contributed by atoms with Gasteiger partial charge in [-0.15, -0.1) is 0 Å². The summed E-state index contributed by atoms with van der Waals surface area (Å²) in [6.07, 6.45) is 5.61. The van der Waals surface area contributed by atoms with E-state index in [9.17, 15) is 9.90 Å². The second-order valence-corrected chi connectivity index (χ2v) is 6.04. The van der Waals surface area contributed by atoms with Crippen molar-refractivity contribution in [1.82, 2.24) is 0 Å². The van der Waals surface area contributed by atoms with Gasteiger partial charge in [-0.3, -0.25) is 4.79 Å². The third kappa shape index (κ3) is 3.72. The third-order valence-electron chi connectivity index (χ3n) is 3.73. The summed E-state index contributed by atoms with van der Waals surface area (Å²) in [4.78, 5) is 11.2. The molecule has 0 spiro atoms. The molecule has 0 bridgehead atoms. The lowest BCUT2D eigenvalue weighted by molar-refractivity contribution is -0.146. The number of benzene rings is 1. The molecule has 0 amide bonds. The smallest absolute Gasteiger partial charge is 0.309 e. The predicted molar refractivity (Wildman–Crippen MR) is 74.4 cm³/mol.